The number of ether oxygens (including phenoxy) is 1. The molecule has 142 valence electrons. The Morgan fingerprint density at radius 1 is 0.964 bits per heavy atom. The van der Waals surface area contributed by atoms with Gasteiger partial charge in [0.2, 0.25) is 0 Å². The number of carboxylic acid groups (broad SMARTS) is 1. The Labute approximate surface area is 168 Å². The second-order valence-electron chi connectivity index (χ2n) is 6.97. The smallest absolute Gasteiger partial charge is 0.323 e. The average Bonchev–Trinajstić information content (AvgIpc) is 2.99. The minimum atomic E-state index is -1.15. The Hall–Kier alpha value is -2.66. The van der Waals surface area contributed by atoms with E-state index in [9.17, 15) is 9.90 Å². The molecular formula is C23H20ClNO3. The molecule has 1 aliphatic carbocycles. The van der Waals surface area contributed by atoms with Gasteiger partial charge in [-0.25, -0.2) is 0 Å². The number of carbonyl (C=O) groups is 1. The standard InChI is InChI=1S/C23H20ClNO3/c1-14(21(25)22(26)27)28-23(15-10-12-16(24)13-11-15)19-8-4-2-6-17(19)18-7-3-5-9-20(18)23/h2-14,21H,25H2,1H3,(H,26,27)/t14-,21+/m1/s1. The molecule has 0 unspecified atom stereocenters. The average molecular weight is 394 g/mol. The molecule has 0 aromatic heterocycles. The van der Waals surface area contributed by atoms with Gasteiger partial charge in [-0.1, -0.05) is 72.3 Å². The van der Waals surface area contributed by atoms with Crippen molar-refractivity contribution in [3.05, 3.63) is 94.5 Å². The van der Waals surface area contributed by atoms with Gasteiger partial charge in [0.1, 0.15) is 11.6 Å². The topological polar surface area (TPSA) is 72.5 Å². The first-order valence-corrected chi connectivity index (χ1v) is 9.44. The fraction of sp³-hybridized carbons (Fsp3) is 0.174. The van der Waals surface area contributed by atoms with Gasteiger partial charge in [0.15, 0.2) is 0 Å². The van der Waals surface area contributed by atoms with Gasteiger partial charge in [-0.2, -0.15) is 0 Å². The summed E-state index contributed by atoms with van der Waals surface area (Å²) in [5.41, 5.74) is 9.84. The van der Waals surface area contributed by atoms with E-state index in [0.717, 1.165) is 27.8 Å². The first kappa shape index (κ1) is 18.7. The van der Waals surface area contributed by atoms with Crippen LogP contribution in [0, 0.1) is 0 Å². The lowest BCUT2D eigenvalue weighted by Crippen LogP contribution is -2.46. The Balaban J connectivity index is 1.99. The molecule has 0 amide bonds. The number of halogens is 1. The van der Waals surface area contributed by atoms with Crippen LogP contribution in [0.15, 0.2) is 72.8 Å². The molecule has 3 aromatic rings. The highest BCUT2D eigenvalue weighted by atomic mass is 35.5. The highest BCUT2D eigenvalue weighted by Gasteiger charge is 2.47. The largest absolute Gasteiger partial charge is 0.480 e. The van der Waals surface area contributed by atoms with Crippen LogP contribution in [0.3, 0.4) is 0 Å². The zero-order valence-corrected chi connectivity index (χ0v) is 16.1. The molecule has 0 fully saturated rings. The summed E-state index contributed by atoms with van der Waals surface area (Å²) < 4.78 is 6.55. The Bertz CT molecular complexity index is 987. The fourth-order valence-corrected chi connectivity index (χ4v) is 4.06. The van der Waals surface area contributed by atoms with Gasteiger partial charge in [-0.3, -0.25) is 4.79 Å². The summed E-state index contributed by atoms with van der Waals surface area (Å²) in [7, 11) is 0. The first-order valence-electron chi connectivity index (χ1n) is 9.07. The molecular weight excluding hydrogens is 374 g/mol. The number of fused-ring (bicyclic) bond motifs is 3. The maximum Gasteiger partial charge on any atom is 0.323 e. The number of benzene rings is 3. The van der Waals surface area contributed by atoms with E-state index < -0.39 is 23.7 Å². The van der Waals surface area contributed by atoms with E-state index in [-0.39, 0.29) is 0 Å². The van der Waals surface area contributed by atoms with Gasteiger partial charge in [0.05, 0.1) is 6.10 Å². The molecule has 1 aliphatic rings. The van der Waals surface area contributed by atoms with E-state index >= 15 is 0 Å². The predicted molar refractivity (Wildman–Crippen MR) is 109 cm³/mol. The van der Waals surface area contributed by atoms with Crippen molar-refractivity contribution in [2.45, 2.75) is 24.7 Å². The maximum atomic E-state index is 11.5. The number of nitrogens with two attached hydrogens (primary N) is 1. The lowest BCUT2D eigenvalue weighted by Gasteiger charge is -2.36. The van der Waals surface area contributed by atoms with Crippen LogP contribution in [0.4, 0.5) is 0 Å². The highest BCUT2D eigenvalue weighted by molar-refractivity contribution is 6.30. The molecule has 3 aromatic carbocycles. The van der Waals surface area contributed by atoms with Gasteiger partial charge in [0, 0.05) is 16.1 Å². The van der Waals surface area contributed by atoms with Gasteiger partial charge in [-0.05, 0) is 35.7 Å². The minimum Gasteiger partial charge on any atom is -0.480 e. The van der Waals surface area contributed by atoms with Crippen LogP contribution in [0.5, 0.6) is 0 Å². The summed E-state index contributed by atoms with van der Waals surface area (Å²) in [4.78, 5) is 11.5. The summed E-state index contributed by atoms with van der Waals surface area (Å²) in [6.45, 7) is 1.69. The predicted octanol–water partition coefficient (Wildman–Crippen LogP) is 4.43. The van der Waals surface area contributed by atoms with Crippen molar-refractivity contribution in [3.8, 4) is 11.1 Å². The maximum absolute atomic E-state index is 11.5. The molecule has 0 spiro atoms. The summed E-state index contributed by atoms with van der Waals surface area (Å²) in [5, 5.41) is 10.0. The van der Waals surface area contributed by atoms with Crippen molar-refractivity contribution in [1.29, 1.82) is 0 Å². The summed E-state index contributed by atoms with van der Waals surface area (Å²) in [5.74, 6) is -1.10. The normalized spacial score (nSPS) is 16.1. The SMILES string of the molecule is C[C@@H](OC1(c2ccc(Cl)cc2)c2ccccc2-c2ccccc21)[C@H](N)C(=O)O. The van der Waals surface area contributed by atoms with E-state index in [0.29, 0.717) is 5.02 Å². The second kappa shape index (κ2) is 7.06. The first-order chi connectivity index (χ1) is 13.4. The van der Waals surface area contributed by atoms with E-state index in [2.05, 4.69) is 12.1 Å². The van der Waals surface area contributed by atoms with Crippen LogP contribution in [-0.2, 0) is 15.1 Å². The Kier molecular flexibility index (Phi) is 4.71. The van der Waals surface area contributed by atoms with Crippen LogP contribution in [0.25, 0.3) is 11.1 Å². The summed E-state index contributed by atoms with van der Waals surface area (Å²) >= 11 is 6.12. The van der Waals surface area contributed by atoms with Crippen LogP contribution >= 0.6 is 11.6 Å². The van der Waals surface area contributed by atoms with Gasteiger partial charge in [-0.15, -0.1) is 0 Å². The number of hydrogen-bond donors (Lipinski definition) is 2. The van der Waals surface area contributed by atoms with E-state index in [1.165, 1.54) is 0 Å². The van der Waals surface area contributed by atoms with Crippen molar-refractivity contribution in [3.63, 3.8) is 0 Å². The number of rotatable bonds is 5. The van der Waals surface area contributed by atoms with Crippen molar-refractivity contribution >= 4 is 17.6 Å². The zero-order chi connectivity index (χ0) is 19.9. The molecule has 0 bridgehead atoms. The van der Waals surface area contributed by atoms with Crippen LogP contribution < -0.4 is 5.73 Å². The molecule has 4 rings (SSSR count). The molecule has 0 heterocycles. The van der Waals surface area contributed by atoms with E-state index in [1.54, 1.807) is 6.92 Å². The Morgan fingerprint density at radius 3 is 1.96 bits per heavy atom. The molecule has 4 nitrogen and oxygen atoms in total. The van der Waals surface area contributed by atoms with E-state index in [1.807, 2.05) is 60.7 Å². The third-order valence-corrected chi connectivity index (χ3v) is 5.56. The number of hydrogen-bond acceptors (Lipinski definition) is 3. The summed E-state index contributed by atoms with van der Waals surface area (Å²) in [6, 6.07) is 22.3. The third kappa shape index (κ3) is 2.81. The number of aliphatic carboxylic acids is 1. The van der Waals surface area contributed by atoms with E-state index in [4.69, 9.17) is 22.1 Å². The highest BCUT2D eigenvalue weighted by Crippen LogP contribution is 2.53. The van der Waals surface area contributed by atoms with Gasteiger partial charge in [0.25, 0.3) is 0 Å². The van der Waals surface area contributed by atoms with Gasteiger partial charge < -0.3 is 15.6 Å². The monoisotopic (exact) mass is 393 g/mol. The quantitative estimate of drug-likeness (QED) is 0.672. The molecule has 0 saturated carbocycles. The molecule has 0 saturated heterocycles. The molecule has 0 aliphatic heterocycles. The van der Waals surface area contributed by atoms with Crippen molar-refractivity contribution in [1.82, 2.24) is 0 Å². The molecule has 3 N–H and O–H groups in total. The fourth-order valence-electron chi connectivity index (χ4n) is 3.94. The molecule has 0 radical (unpaired) electrons. The molecule has 28 heavy (non-hydrogen) atoms. The number of carboxylic acids is 1. The summed E-state index contributed by atoms with van der Waals surface area (Å²) in [6.07, 6.45) is -0.729. The van der Waals surface area contributed by atoms with Crippen LogP contribution in [-0.4, -0.2) is 23.2 Å². The third-order valence-electron chi connectivity index (χ3n) is 5.31. The van der Waals surface area contributed by atoms with Crippen molar-refractivity contribution in [2.75, 3.05) is 0 Å². The lowest BCUT2D eigenvalue weighted by molar-refractivity contribution is -0.144. The van der Waals surface area contributed by atoms with Crippen molar-refractivity contribution < 1.29 is 14.6 Å². The lowest BCUT2D eigenvalue weighted by atomic mass is 9.83. The van der Waals surface area contributed by atoms with Gasteiger partial charge >= 0.3 is 5.97 Å². The Morgan fingerprint density at radius 2 is 1.46 bits per heavy atom. The zero-order valence-electron chi connectivity index (χ0n) is 15.3. The second-order valence-corrected chi connectivity index (χ2v) is 7.40. The van der Waals surface area contributed by atoms with Crippen LogP contribution in [0.1, 0.15) is 23.6 Å². The molecule has 5 heteroatoms. The molecule has 2 atom stereocenters. The van der Waals surface area contributed by atoms with Crippen LogP contribution in [0.2, 0.25) is 5.02 Å². The van der Waals surface area contributed by atoms with Crippen molar-refractivity contribution in [2.24, 2.45) is 5.73 Å². The minimum absolute atomic E-state index is 0.619.